The van der Waals surface area contributed by atoms with E-state index >= 15 is 0 Å². The van der Waals surface area contributed by atoms with Crippen LogP contribution in [0.2, 0.25) is 0 Å². The molecule has 2 heterocycles. The molecule has 1 fully saturated rings. The fourth-order valence-corrected chi connectivity index (χ4v) is 5.27. The predicted molar refractivity (Wildman–Crippen MR) is 125 cm³/mol. The van der Waals surface area contributed by atoms with E-state index in [1.165, 1.54) is 0 Å². The quantitative estimate of drug-likeness (QED) is 0.535. The first-order valence-corrected chi connectivity index (χ1v) is 12.2. The molecule has 0 spiro atoms. The molecule has 1 aliphatic heterocycles. The Morgan fingerprint density at radius 2 is 1.56 bits per heavy atom. The minimum absolute atomic E-state index is 0.242. The van der Waals surface area contributed by atoms with E-state index in [0.717, 1.165) is 31.2 Å². The van der Waals surface area contributed by atoms with Gasteiger partial charge in [-0.1, -0.05) is 43.2 Å². The predicted octanol–water partition coefficient (Wildman–Crippen LogP) is 5.02. The van der Waals surface area contributed by atoms with Crippen LogP contribution in [0.3, 0.4) is 0 Å². The zero-order chi connectivity index (χ0) is 22.4. The molecule has 1 amide bonds. The Balaban J connectivity index is 1.53. The van der Waals surface area contributed by atoms with Gasteiger partial charge >= 0.3 is 0 Å². The van der Waals surface area contributed by atoms with Gasteiger partial charge in [-0.2, -0.15) is 4.31 Å². The number of furan rings is 1. The first-order chi connectivity index (χ1) is 15.5. The highest BCUT2D eigenvalue weighted by Gasteiger charge is 2.25. The van der Waals surface area contributed by atoms with Gasteiger partial charge in [0, 0.05) is 18.8 Å². The van der Waals surface area contributed by atoms with Gasteiger partial charge < -0.3 is 9.73 Å². The number of rotatable bonds is 6. The lowest BCUT2D eigenvalue weighted by atomic mass is 10.0. The Kier molecular flexibility index (Phi) is 6.87. The van der Waals surface area contributed by atoms with Crippen molar-refractivity contribution in [3.8, 4) is 0 Å². The van der Waals surface area contributed by atoms with E-state index in [-0.39, 0.29) is 10.8 Å². The highest BCUT2D eigenvalue weighted by Crippen LogP contribution is 2.24. The number of anilines is 1. The summed E-state index contributed by atoms with van der Waals surface area (Å²) in [6, 6.07) is 19.2. The van der Waals surface area contributed by atoms with Gasteiger partial charge in [-0.15, -0.1) is 0 Å². The highest BCUT2D eigenvalue weighted by atomic mass is 32.2. The molecule has 0 unspecified atom stereocenters. The van der Waals surface area contributed by atoms with Gasteiger partial charge in [-0.05, 0) is 60.9 Å². The molecule has 166 valence electrons. The Hall–Kier alpha value is -3.16. The van der Waals surface area contributed by atoms with Gasteiger partial charge in [0.15, 0.2) is 0 Å². The molecule has 1 saturated heterocycles. The van der Waals surface area contributed by atoms with Crippen molar-refractivity contribution in [2.24, 2.45) is 0 Å². The molecule has 1 N–H and O–H groups in total. The smallest absolute Gasteiger partial charge is 0.256 e. The van der Waals surface area contributed by atoms with Crippen LogP contribution in [0.15, 0.2) is 82.3 Å². The number of carbonyl (C=O) groups excluding carboxylic acids is 1. The fourth-order valence-electron chi connectivity index (χ4n) is 3.75. The fraction of sp³-hybridized carbons (Fsp3) is 0.240. The number of sulfonamides is 1. The molecule has 6 nitrogen and oxygen atoms in total. The van der Waals surface area contributed by atoms with E-state index in [0.29, 0.717) is 30.1 Å². The molecule has 0 atom stereocenters. The number of benzene rings is 2. The van der Waals surface area contributed by atoms with Crippen LogP contribution in [0.1, 0.15) is 37.0 Å². The molecule has 1 aliphatic rings. The molecular formula is C25H26N2O4S. The number of nitrogens with zero attached hydrogens (tertiary/aromatic N) is 1. The van der Waals surface area contributed by atoms with Crippen molar-refractivity contribution >= 4 is 33.3 Å². The van der Waals surface area contributed by atoms with Crippen LogP contribution in [0.4, 0.5) is 5.69 Å². The lowest BCUT2D eigenvalue weighted by Crippen LogP contribution is -2.31. The molecule has 0 aliphatic carbocycles. The summed E-state index contributed by atoms with van der Waals surface area (Å²) in [5.41, 5.74) is 1.72. The van der Waals surface area contributed by atoms with Crippen LogP contribution in [-0.2, 0) is 14.8 Å². The van der Waals surface area contributed by atoms with E-state index in [9.17, 15) is 13.2 Å². The second-order valence-corrected chi connectivity index (χ2v) is 9.67. The Morgan fingerprint density at radius 3 is 2.19 bits per heavy atom. The van der Waals surface area contributed by atoms with E-state index in [2.05, 4.69) is 5.32 Å². The molecule has 1 aromatic heterocycles. The van der Waals surface area contributed by atoms with Crippen LogP contribution in [0.25, 0.3) is 11.6 Å². The van der Waals surface area contributed by atoms with Gasteiger partial charge in [0.25, 0.3) is 5.91 Å². The van der Waals surface area contributed by atoms with Crippen LogP contribution in [0.5, 0.6) is 0 Å². The number of hydrogen-bond acceptors (Lipinski definition) is 4. The van der Waals surface area contributed by atoms with Crippen molar-refractivity contribution < 1.29 is 17.6 Å². The van der Waals surface area contributed by atoms with E-state index in [1.807, 2.05) is 30.3 Å². The summed E-state index contributed by atoms with van der Waals surface area (Å²) in [5.74, 6) is 0.258. The summed E-state index contributed by atoms with van der Waals surface area (Å²) in [7, 11) is -3.53. The topological polar surface area (TPSA) is 79.6 Å². The molecule has 3 aromatic rings. The largest absolute Gasteiger partial charge is 0.465 e. The molecule has 4 rings (SSSR count). The van der Waals surface area contributed by atoms with Crippen LogP contribution in [0, 0.1) is 0 Å². The van der Waals surface area contributed by atoms with Crippen molar-refractivity contribution in [1.29, 1.82) is 0 Å². The van der Waals surface area contributed by atoms with Crippen LogP contribution >= 0.6 is 0 Å². The van der Waals surface area contributed by atoms with E-state index in [1.54, 1.807) is 53.0 Å². The first kappa shape index (κ1) is 22.0. The maximum absolute atomic E-state index is 13.1. The normalized spacial score (nSPS) is 15.8. The maximum atomic E-state index is 13.1. The van der Waals surface area contributed by atoms with Crippen LogP contribution in [-0.4, -0.2) is 31.7 Å². The monoisotopic (exact) mass is 450 g/mol. The van der Waals surface area contributed by atoms with Gasteiger partial charge in [0.1, 0.15) is 5.76 Å². The van der Waals surface area contributed by atoms with Gasteiger partial charge in [0.2, 0.25) is 10.0 Å². The molecule has 32 heavy (non-hydrogen) atoms. The van der Waals surface area contributed by atoms with Crippen molar-refractivity contribution in [2.45, 2.75) is 30.6 Å². The van der Waals surface area contributed by atoms with Gasteiger partial charge in [0.05, 0.1) is 16.7 Å². The average Bonchev–Trinajstić information content (AvgIpc) is 3.17. The summed E-state index contributed by atoms with van der Waals surface area (Å²) >= 11 is 0. The molecule has 0 saturated carbocycles. The highest BCUT2D eigenvalue weighted by molar-refractivity contribution is 7.89. The summed E-state index contributed by atoms with van der Waals surface area (Å²) in [5, 5.41) is 2.86. The summed E-state index contributed by atoms with van der Waals surface area (Å²) in [4.78, 5) is 13.3. The Labute approximate surface area is 188 Å². The third kappa shape index (κ3) is 5.18. The minimum Gasteiger partial charge on any atom is -0.465 e. The van der Waals surface area contributed by atoms with E-state index in [4.69, 9.17) is 4.42 Å². The first-order valence-electron chi connectivity index (χ1n) is 10.8. The van der Waals surface area contributed by atoms with Gasteiger partial charge in [-0.25, -0.2) is 8.42 Å². The molecule has 0 bridgehead atoms. The van der Waals surface area contributed by atoms with Crippen molar-refractivity contribution in [3.63, 3.8) is 0 Å². The summed E-state index contributed by atoms with van der Waals surface area (Å²) < 4.78 is 32.9. The minimum atomic E-state index is -3.53. The Bertz CT molecular complexity index is 1160. The van der Waals surface area contributed by atoms with Crippen molar-refractivity contribution in [3.05, 3.63) is 84.3 Å². The number of nitrogens with one attached hydrogen (secondary N) is 1. The number of carbonyl (C=O) groups is 1. The molecule has 0 radical (unpaired) electrons. The summed E-state index contributed by atoms with van der Waals surface area (Å²) in [6.07, 6.45) is 7.13. The Morgan fingerprint density at radius 1 is 0.875 bits per heavy atom. The SMILES string of the molecule is O=C(Nc1ccc(S(=O)(=O)N2CCCCCC2)cc1)C(=Cc1ccco1)c1ccccc1. The van der Waals surface area contributed by atoms with Crippen molar-refractivity contribution in [1.82, 2.24) is 4.31 Å². The van der Waals surface area contributed by atoms with Crippen LogP contribution < -0.4 is 5.32 Å². The summed E-state index contributed by atoms with van der Waals surface area (Å²) in [6.45, 7) is 1.11. The molecule has 2 aromatic carbocycles. The third-order valence-electron chi connectivity index (χ3n) is 5.47. The molecular weight excluding hydrogens is 424 g/mol. The third-order valence-corrected chi connectivity index (χ3v) is 7.39. The zero-order valence-corrected chi connectivity index (χ0v) is 18.6. The second-order valence-electron chi connectivity index (χ2n) is 7.74. The van der Waals surface area contributed by atoms with Crippen molar-refractivity contribution in [2.75, 3.05) is 18.4 Å². The maximum Gasteiger partial charge on any atom is 0.256 e. The lowest BCUT2D eigenvalue weighted by molar-refractivity contribution is -0.111. The molecule has 7 heteroatoms. The van der Waals surface area contributed by atoms with E-state index < -0.39 is 10.0 Å². The average molecular weight is 451 g/mol. The lowest BCUT2D eigenvalue weighted by Gasteiger charge is -2.20. The standard InChI is InChI=1S/C25H26N2O4S/c28-25(24(19-22-11-8-18-31-22)20-9-4-3-5-10-20)26-21-12-14-23(15-13-21)32(29,30)27-16-6-1-2-7-17-27/h3-5,8-15,18-19H,1-2,6-7,16-17H2,(H,26,28). The number of hydrogen-bond donors (Lipinski definition) is 1. The number of amides is 1. The zero-order valence-electron chi connectivity index (χ0n) is 17.7. The van der Waals surface area contributed by atoms with Gasteiger partial charge in [-0.3, -0.25) is 4.79 Å². The second kappa shape index (κ2) is 9.97.